The highest BCUT2D eigenvalue weighted by molar-refractivity contribution is 9.10. The quantitative estimate of drug-likeness (QED) is 0.743. The second-order valence-electron chi connectivity index (χ2n) is 3.45. The van der Waals surface area contributed by atoms with Crippen LogP contribution in [0.5, 0.6) is 6.01 Å². The maximum Gasteiger partial charge on any atom is 0.316 e. The SMILES string of the molecule is COc1nc(Br)nn1C(C)(C)C. The molecular weight excluding hydrogens is 222 g/mol. The van der Waals surface area contributed by atoms with Gasteiger partial charge in [0.2, 0.25) is 4.73 Å². The highest BCUT2D eigenvalue weighted by Crippen LogP contribution is 2.21. The summed E-state index contributed by atoms with van der Waals surface area (Å²) in [5.74, 6) is 0. The van der Waals surface area contributed by atoms with Gasteiger partial charge in [-0.1, -0.05) is 0 Å². The molecule has 0 fully saturated rings. The van der Waals surface area contributed by atoms with Crippen LogP contribution in [-0.2, 0) is 5.54 Å². The first-order valence-corrected chi connectivity index (χ1v) is 4.41. The van der Waals surface area contributed by atoms with Crippen molar-refractivity contribution in [3.05, 3.63) is 4.73 Å². The number of ether oxygens (including phenoxy) is 1. The number of aromatic nitrogens is 3. The Balaban J connectivity index is 3.13. The number of rotatable bonds is 1. The van der Waals surface area contributed by atoms with Crippen molar-refractivity contribution in [1.29, 1.82) is 0 Å². The third kappa shape index (κ3) is 1.77. The molecule has 5 heteroatoms. The van der Waals surface area contributed by atoms with Gasteiger partial charge in [0.1, 0.15) is 0 Å². The van der Waals surface area contributed by atoms with Gasteiger partial charge in [-0.2, -0.15) is 4.98 Å². The summed E-state index contributed by atoms with van der Waals surface area (Å²) in [5.41, 5.74) is -0.107. The maximum atomic E-state index is 5.05. The average molecular weight is 234 g/mol. The molecule has 0 bridgehead atoms. The Kier molecular flexibility index (Phi) is 2.41. The first kappa shape index (κ1) is 9.51. The minimum absolute atomic E-state index is 0.107. The lowest BCUT2D eigenvalue weighted by Gasteiger charge is -2.19. The van der Waals surface area contributed by atoms with E-state index in [9.17, 15) is 0 Å². The summed E-state index contributed by atoms with van der Waals surface area (Å²) in [6.45, 7) is 6.11. The Morgan fingerprint density at radius 3 is 2.33 bits per heavy atom. The summed E-state index contributed by atoms with van der Waals surface area (Å²) < 4.78 is 7.34. The molecular formula is C7H12BrN3O. The molecule has 4 nitrogen and oxygen atoms in total. The van der Waals surface area contributed by atoms with E-state index < -0.39 is 0 Å². The molecule has 0 saturated carbocycles. The fourth-order valence-corrected chi connectivity index (χ4v) is 1.15. The molecule has 0 atom stereocenters. The maximum absolute atomic E-state index is 5.05. The third-order valence-electron chi connectivity index (χ3n) is 1.37. The Labute approximate surface area is 80.1 Å². The molecule has 0 spiro atoms. The van der Waals surface area contributed by atoms with Crippen molar-refractivity contribution in [2.45, 2.75) is 26.3 Å². The molecule has 0 aliphatic carbocycles. The monoisotopic (exact) mass is 233 g/mol. The largest absolute Gasteiger partial charge is 0.467 e. The number of hydrogen-bond donors (Lipinski definition) is 0. The molecule has 0 amide bonds. The minimum Gasteiger partial charge on any atom is -0.467 e. The van der Waals surface area contributed by atoms with Crippen molar-refractivity contribution in [3.8, 4) is 6.01 Å². The summed E-state index contributed by atoms with van der Waals surface area (Å²) in [6.07, 6.45) is 0. The molecule has 0 aromatic carbocycles. The van der Waals surface area contributed by atoms with Gasteiger partial charge < -0.3 is 4.74 Å². The van der Waals surface area contributed by atoms with Gasteiger partial charge in [-0.25, -0.2) is 4.68 Å². The van der Waals surface area contributed by atoms with Crippen LogP contribution in [0.3, 0.4) is 0 Å². The van der Waals surface area contributed by atoms with Crippen LogP contribution in [0.2, 0.25) is 0 Å². The van der Waals surface area contributed by atoms with Gasteiger partial charge in [-0.05, 0) is 36.7 Å². The Hall–Kier alpha value is -0.580. The average Bonchev–Trinajstić information content (AvgIpc) is 2.29. The Morgan fingerprint density at radius 2 is 2.00 bits per heavy atom. The van der Waals surface area contributed by atoms with Crippen LogP contribution in [-0.4, -0.2) is 21.9 Å². The molecule has 1 rings (SSSR count). The van der Waals surface area contributed by atoms with Crippen LogP contribution < -0.4 is 4.74 Å². The zero-order chi connectivity index (χ0) is 9.35. The summed E-state index contributed by atoms with van der Waals surface area (Å²) in [4.78, 5) is 4.04. The predicted molar refractivity (Wildman–Crippen MR) is 49.3 cm³/mol. The molecule has 0 aliphatic heterocycles. The first-order chi connectivity index (χ1) is 5.45. The standard InChI is InChI=1S/C7H12BrN3O/c1-7(2,3)11-6(12-4)9-5(8)10-11/h1-4H3. The minimum atomic E-state index is -0.107. The zero-order valence-electron chi connectivity index (χ0n) is 7.63. The second-order valence-corrected chi connectivity index (χ2v) is 4.16. The number of halogens is 1. The highest BCUT2D eigenvalue weighted by Gasteiger charge is 2.20. The molecule has 1 heterocycles. The lowest BCUT2D eigenvalue weighted by molar-refractivity contribution is 0.275. The zero-order valence-corrected chi connectivity index (χ0v) is 9.21. The van der Waals surface area contributed by atoms with Gasteiger partial charge in [0.15, 0.2) is 0 Å². The summed E-state index contributed by atoms with van der Waals surface area (Å²) in [5, 5.41) is 4.15. The number of nitrogens with zero attached hydrogens (tertiary/aromatic N) is 3. The van der Waals surface area contributed by atoms with Crippen molar-refractivity contribution in [1.82, 2.24) is 14.8 Å². The van der Waals surface area contributed by atoms with Gasteiger partial charge in [0, 0.05) is 0 Å². The van der Waals surface area contributed by atoms with E-state index >= 15 is 0 Å². The van der Waals surface area contributed by atoms with E-state index in [4.69, 9.17) is 4.74 Å². The van der Waals surface area contributed by atoms with Crippen LogP contribution >= 0.6 is 15.9 Å². The topological polar surface area (TPSA) is 39.9 Å². The van der Waals surface area contributed by atoms with Crippen LogP contribution in [0.25, 0.3) is 0 Å². The van der Waals surface area contributed by atoms with Crippen molar-refractivity contribution in [2.75, 3.05) is 7.11 Å². The third-order valence-corrected chi connectivity index (χ3v) is 1.71. The first-order valence-electron chi connectivity index (χ1n) is 3.62. The highest BCUT2D eigenvalue weighted by atomic mass is 79.9. The van der Waals surface area contributed by atoms with E-state index in [2.05, 4.69) is 26.0 Å². The molecule has 1 aromatic heterocycles. The van der Waals surface area contributed by atoms with E-state index in [0.29, 0.717) is 10.7 Å². The van der Waals surface area contributed by atoms with Crippen LogP contribution in [0.1, 0.15) is 20.8 Å². The van der Waals surface area contributed by atoms with Gasteiger partial charge >= 0.3 is 6.01 Å². The molecule has 0 radical (unpaired) electrons. The molecule has 12 heavy (non-hydrogen) atoms. The molecule has 1 aromatic rings. The van der Waals surface area contributed by atoms with Gasteiger partial charge in [0.05, 0.1) is 12.6 Å². The normalized spacial score (nSPS) is 11.8. The summed E-state index contributed by atoms with van der Waals surface area (Å²) in [6, 6.07) is 0.523. The van der Waals surface area contributed by atoms with Crippen LogP contribution in [0.15, 0.2) is 4.73 Å². The fourth-order valence-electron chi connectivity index (χ4n) is 0.843. The van der Waals surface area contributed by atoms with Crippen LogP contribution in [0, 0.1) is 0 Å². The Morgan fingerprint density at radius 1 is 1.42 bits per heavy atom. The van der Waals surface area contributed by atoms with E-state index in [1.54, 1.807) is 11.8 Å². The van der Waals surface area contributed by atoms with E-state index in [1.807, 2.05) is 20.8 Å². The van der Waals surface area contributed by atoms with Crippen molar-refractivity contribution >= 4 is 15.9 Å². The van der Waals surface area contributed by atoms with Crippen LogP contribution in [0.4, 0.5) is 0 Å². The molecule has 0 saturated heterocycles. The fraction of sp³-hybridized carbons (Fsp3) is 0.714. The molecule has 0 aliphatic rings. The van der Waals surface area contributed by atoms with Crippen molar-refractivity contribution < 1.29 is 4.74 Å². The number of hydrogen-bond acceptors (Lipinski definition) is 3. The van der Waals surface area contributed by atoms with Gasteiger partial charge in [-0.15, -0.1) is 5.10 Å². The predicted octanol–water partition coefficient (Wildman–Crippen LogP) is 1.80. The van der Waals surface area contributed by atoms with E-state index in [1.165, 1.54) is 0 Å². The molecule has 0 N–H and O–H groups in total. The lowest BCUT2D eigenvalue weighted by atomic mass is 10.1. The second kappa shape index (κ2) is 3.05. The van der Waals surface area contributed by atoms with Crippen molar-refractivity contribution in [2.24, 2.45) is 0 Å². The van der Waals surface area contributed by atoms with E-state index in [0.717, 1.165) is 0 Å². The lowest BCUT2D eigenvalue weighted by Crippen LogP contribution is -2.23. The van der Waals surface area contributed by atoms with Crippen molar-refractivity contribution in [3.63, 3.8) is 0 Å². The van der Waals surface area contributed by atoms with Gasteiger partial charge in [0.25, 0.3) is 0 Å². The molecule has 68 valence electrons. The summed E-state index contributed by atoms with van der Waals surface area (Å²) in [7, 11) is 1.58. The van der Waals surface area contributed by atoms with E-state index in [-0.39, 0.29) is 5.54 Å². The summed E-state index contributed by atoms with van der Waals surface area (Å²) >= 11 is 3.19. The number of methoxy groups -OCH3 is 1. The smallest absolute Gasteiger partial charge is 0.316 e. The van der Waals surface area contributed by atoms with Gasteiger partial charge in [-0.3, -0.25) is 0 Å². The molecule has 0 unspecified atom stereocenters. The Bertz CT molecular complexity index is 277.